The van der Waals surface area contributed by atoms with E-state index in [1.807, 2.05) is 6.92 Å². The van der Waals surface area contributed by atoms with Gasteiger partial charge in [0.2, 0.25) is 5.91 Å². The Morgan fingerprint density at radius 2 is 2.17 bits per heavy atom. The molecule has 0 spiro atoms. The van der Waals surface area contributed by atoms with Crippen LogP contribution in [0.2, 0.25) is 5.02 Å². The summed E-state index contributed by atoms with van der Waals surface area (Å²) in [4.78, 5) is 38.8. The van der Waals surface area contributed by atoms with Crippen molar-refractivity contribution in [1.82, 2.24) is 14.7 Å². The molecule has 2 rings (SSSR count). The Labute approximate surface area is 136 Å². The second-order valence-corrected chi connectivity index (χ2v) is 5.30. The highest BCUT2D eigenvalue weighted by atomic mass is 35.5. The van der Waals surface area contributed by atoms with Crippen molar-refractivity contribution in [2.75, 3.05) is 0 Å². The molecule has 9 heteroatoms. The van der Waals surface area contributed by atoms with E-state index >= 15 is 0 Å². The van der Waals surface area contributed by atoms with Crippen molar-refractivity contribution in [2.45, 2.75) is 25.8 Å². The van der Waals surface area contributed by atoms with Crippen LogP contribution >= 0.6 is 11.6 Å². The van der Waals surface area contributed by atoms with Crippen LogP contribution < -0.4 is 11.1 Å². The minimum atomic E-state index is -1.40. The number of carbonyl (C=O) groups is 3. The maximum atomic E-state index is 12.5. The number of fused-ring (bicyclic) bond motifs is 1. The van der Waals surface area contributed by atoms with Gasteiger partial charge in [-0.1, -0.05) is 18.5 Å². The third-order valence-electron chi connectivity index (χ3n) is 3.22. The van der Waals surface area contributed by atoms with Gasteiger partial charge in [0.1, 0.15) is 17.4 Å². The Morgan fingerprint density at radius 1 is 1.48 bits per heavy atom. The number of aryl methyl sites for hydroxylation is 1. The van der Waals surface area contributed by atoms with Gasteiger partial charge in [0.15, 0.2) is 0 Å². The monoisotopic (exact) mass is 338 g/mol. The minimum Gasteiger partial charge on any atom is -0.480 e. The van der Waals surface area contributed by atoms with Gasteiger partial charge in [-0.2, -0.15) is 0 Å². The smallest absolute Gasteiger partial charge is 0.326 e. The normalized spacial score (nSPS) is 12.1. The van der Waals surface area contributed by atoms with Gasteiger partial charge in [-0.25, -0.2) is 9.78 Å². The number of nitrogens with two attached hydrogens (primary N) is 1. The molecule has 2 amide bonds. The molecule has 2 aromatic rings. The third kappa shape index (κ3) is 3.59. The molecule has 0 fully saturated rings. The molecule has 23 heavy (non-hydrogen) atoms. The van der Waals surface area contributed by atoms with Gasteiger partial charge in [-0.3, -0.25) is 14.0 Å². The van der Waals surface area contributed by atoms with Crippen LogP contribution in [-0.4, -0.2) is 38.3 Å². The van der Waals surface area contributed by atoms with Crippen molar-refractivity contribution >= 4 is 35.0 Å². The number of nitrogens with zero attached hydrogens (tertiary/aromatic N) is 2. The summed E-state index contributed by atoms with van der Waals surface area (Å²) in [7, 11) is 0. The fourth-order valence-electron chi connectivity index (χ4n) is 2.18. The molecule has 0 saturated heterocycles. The maximum Gasteiger partial charge on any atom is 0.326 e. The third-order valence-corrected chi connectivity index (χ3v) is 3.45. The highest BCUT2D eigenvalue weighted by Crippen LogP contribution is 2.17. The summed E-state index contributed by atoms with van der Waals surface area (Å²) in [5, 5.41) is 11.8. The second-order valence-electron chi connectivity index (χ2n) is 4.87. The van der Waals surface area contributed by atoms with Gasteiger partial charge in [0.25, 0.3) is 5.91 Å². The van der Waals surface area contributed by atoms with Gasteiger partial charge >= 0.3 is 5.97 Å². The molecule has 0 aliphatic carbocycles. The highest BCUT2D eigenvalue weighted by Gasteiger charge is 2.26. The average Bonchev–Trinajstić information content (AvgIpc) is 2.83. The van der Waals surface area contributed by atoms with Crippen LogP contribution in [0.5, 0.6) is 0 Å². The summed E-state index contributed by atoms with van der Waals surface area (Å²) in [5.41, 5.74) is 6.17. The molecule has 0 saturated carbocycles. The molecular weight excluding hydrogens is 324 g/mol. The molecule has 8 nitrogen and oxygen atoms in total. The Bertz CT molecular complexity index is 786. The predicted molar refractivity (Wildman–Crippen MR) is 82.3 cm³/mol. The number of hydrogen-bond acceptors (Lipinski definition) is 4. The summed E-state index contributed by atoms with van der Waals surface area (Å²) < 4.78 is 1.52. The lowest BCUT2D eigenvalue weighted by Gasteiger charge is -2.13. The first-order chi connectivity index (χ1) is 10.8. The van der Waals surface area contributed by atoms with Crippen LogP contribution in [0, 0.1) is 0 Å². The van der Waals surface area contributed by atoms with Crippen LogP contribution in [0.25, 0.3) is 5.65 Å². The summed E-state index contributed by atoms with van der Waals surface area (Å²) in [5.74, 6) is -2.81. The number of rotatable bonds is 6. The number of halogens is 1. The van der Waals surface area contributed by atoms with Crippen LogP contribution in [0.4, 0.5) is 0 Å². The first-order valence-corrected chi connectivity index (χ1v) is 7.19. The number of imidazole rings is 1. The number of primary amides is 1. The van der Waals surface area contributed by atoms with Crippen LogP contribution in [0.1, 0.15) is 29.5 Å². The first kappa shape index (κ1) is 16.8. The van der Waals surface area contributed by atoms with Gasteiger partial charge in [-0.15, -0.1) is 0 Å². The van der Waals surface area contributed by atoms with Crippen molar-refractivity contribution in [1.29, 1.82) is 0 Å². The van der Waals surface area contributed by atoms with Gasteiger partial charge in [0, 0.05) is 17.3 Å². The molecule has 1 atom stereocenters. The SMILES string of the molecule is CCc1nc2cc(Cl)ccn2c1C(=O)NC(CC(N)=O)C(=O)O. The fourth-order valence-corrected chi connectivity index (χ4v) is 2.34. The summed E-state index contributed by atoms with van der Waals surface area (Å²) in [6.45, 7) is 1.82. The zero-order valence-electron chi connectivity index (χ0n) is 12.2. The van der Waals surface area contributed by atoms with E-state index in [1.54, 1.807) is 18.3 Å². The molecule has 4 N–H and O–H groups in total. The molecule has 1 unspecified atom stereocenters. The Kier molecular flexibility index (Phi) is 4.85. The summed E-state index contributed by atoms with van der Waals surface area (Å²) in [6, 6.07) is 1.78. The van der Waals surface area contributed by atoms with Gasteiger partial charge in [0.05, 0.1) is 12.1 Å². The largest absolute Gasteiger partial charge is 0.480 e. The fraction of sp³-hybridized carbons (Fsp3) is 0.286. The number of carbonyl (C=O) groups excluding carboxylic acids is 2. The zero-order valence-corrected chi connectivity index (χ0v) is 13.0. The second kappa shape index (κ2) is 6.66. The lowest BCUT2D eigenvalue weighted by Crippen LogP contribution is -2.43. The van der Waals surface area contributed by atoms with Gasteiger partial charge in [-0.05, 0) is 12.5 Å². The number of aliphatic carboxylic acids is 1. The topological polar surface area (TPSA) is 127 Å². The molecule has 2 heterocycles. The van der Waals surface area contributed by atoms with Crippen molar-refractivity contribution < 1.29 is 19.5 Å². The van der Waals surface area contributed by atoms with Crippen molar-refractivity contribution in [3.63, 3.8) is 0 Å². The number of carboxylic acid groups (broad SMARTS) is 1. The molecule has 0 aliphatic heterocycles. The quantitative estimate of drug-likeness (QED) is 0.711. The molecule has 0 bridgehead atoms. The van der Waals surface area contributed by atoms with E-state index in [0.29, 0.717) is 22.8 Å². The molecular formula is C14H15ClN4O4. The standard InChI is InChI=1S/C14H15ClN4O4/c1-2-8-12(19-4-3-7(15)5-11(19)17-8)13(21)18-9(14(22)23)6-10(16)20/h3-5,9H,2,6H2,1H3,(H2,16,20)(H,18,21)(H,22,23). The van der Waals surface area contributed by atoms with E-state index < -0.39 is 30.2 Å². The number of pyridine rings is 1. The molecule has 0 radical (unpaired) electrons. The van der Waals surface area contributed by atoms with Crippen LogP contribution in [-0.2, 0) is 16.0 Å². The first-order valence-electron chi connectivity index (χ1n) is 6.82. The van der Waals surface area contributed by atoms with Crippen molar-refractivity contribution in [3.05, 3.63) is 34.7 Å². The van der Waals surface area contributed by atoms with E-state index in [2.05, 4.69) is 10.3 Å². The van der Waals surface area contributed by atoms with E-state index in [-0.39, 0.29) is 5.69 Å². The number of aromatic nitrogens is 2. The number of hydrogen-bond donors (Lipinski definition) is 3. The molecule has 0 aromatic carbocycles. The van der Waals surface area contributed by atoms with E-state index in [9.17, 15) is 14.4 Å². The Balaban J connectivity index is 2.40. The average molecular weight is 339 g/mol. The lowest BCUT2D eigenvalue weighted by atomic mass is 10.2. The molecule has 2 aromatic heterocycles. The highest BCUT2D eigenvalue weighted by molar-refractivity contribution is 6.30. The van der Waals surface area contributed by atoms with Crippen LogP contribution in [0.3, 0.4) is 0 Å². The molecule has 0 aliphatic rings. The number of nitrogens with one attached hydrogen (secondary N) is 1. The van der Waals surface area contributed by atoms with Crippen molar-refractivity contribution in [2.24, 2.45) is 5.73 Å². The van der Waals surface area contributed by atoms with E-state index in [0.717, 1.165) is 0 Å². The summed E-state index contributed by atoms with van der Waals surface area (Å²) in [6.07, 6.45) is 1.54. The number of carboxylic acids is 1. The van der Waals surface area contributed by atoms with E-state index in [4.69, 9.17) is 22.4 Å². The van der Waals surface area contributed by atoms with E-state index in [1.165, 1.54) is 4.40 Å². The predicted octanol–water partition coefficient (Wildman–Crippen LogP) is 0.608. The minimum absolute atomic E-state index is 0.204. The summed E-state index contributed by atoms with van der Waals surface area (Å²) >= 11 is 5.90. The maximum absolute atomic E-state index is 12.5. The van der Waals surface area contributed by atoms with Crippen molar-refractivity contribution in [3.8, 4) is 0 Å². The van der Waals surface area contributed by atoms with Crippen LogP contribution in [0.15, 0.2) is 18.3 Å². The molecule has 122 valence electrons. The lowest BCUT2D eigenvalue weighted by molar-refractivity contribution is -0.140. The zero-order chi connectivity index (χ0) is 17.1. The Hall–Kier alpha value is -2.61. The Morgan fingerprint density at radius 3 is 2.74 bits per heavy atom. The number of amides is 2. The van der Waals surface area contributed by atoms with Gasteiger partial charge < -0.3 is 16.2 Å².